The summed E-state index contributed by atoms with van der Waals surface area (Å²) >= 11 is 5.90. The first-order valence-corrected chi connectivity index (χ1v) is 6.68. The van der Waals surface area contributed by atoms with Crippen LogP contribution in [0.4, 0.5) is 0 Å². The molecule has 2 heteroatoms. The Morgan fingerprint density at radius 2 is 1.94 bits per heavy atom. The molecule has 0 amide bonds. The minimum Gasteiger partial charge on any atom is -0.295 e. The number of hydrogen-bond acceptors (Lipinski definition) is 1. The van der Waals surface area contributed by atoms with Crippen LogP contribution in [0.3, 0.4) is 0 Å². The lowest BCUT2D eigenvalue weighted by molar-refractivity contribution is 0.273. The number of rotatable bonds is 3. The van der Waals surface area contributed by atoms with Crippen molar-refractivity contribution in [3.05, 3.63) is 46.5 Å². The van der Waals surface area contributed by atoms with Crippen molar-refractivity contribution in [2.45, 2.75) is 26.8 Å². The highest BCUT2D eigenvalue weighted by Gasteiger charge is 2.14. The van der Waals surface area contributed by atoms with Crippen molar-refractivity contribution in [1.29, 1.82) is 0 Å². The third-order valence-electron chi connectivity index (χ3n) is 3.32. The summed E-state index contributed by atoms with van der Waals surface area (Å²) in [6, 6.07) is 8.19. The summed E-state index contributed by atoms with van der Waals surface area (Å²) in [6.07, 6.45) is 3.59. The Kier molecular flexibility index (Phi) is 4.25. The van der Waals surface area contributed by atoms with Gasteiger partial charge in [-0.25, -0.2) is 0 Å². The van der Waals surface area contributed by atoms with Crippen LogP contribution in [0.1, 0.15) is 25.8 Å². The Morgan fingerprint density at radius 3 is 2.59 bits per heavy atom. The lowest BCUT2D eigenvalue weighted by Crippen LogP contribution is -2.30. The third-order valence-corrected chi connectivity index (χ3v) is 3.57. The molecule has 0 fully saturated rings. The van der Waals surface area contributed by atoms with Crippen molar-refractivity contribution in [2.75, 3.05) is 13.1 Å². The predicted octanol–water partition coefficient (Wildman–Crippen LogP) is 4.13. The fourth-order valence-electron chi connectivity index (χ4n) is 2.24. The third kappa shape index (κ3) is 3.58. The molecule has 1 nitrogen and oxygen atoms in total. The first kappa shape index (κ1) is 12.7. The fraction of sp³-hybridized carbons (Fsp3) is 0.467. The van der Waals surface area contributed by atoms with Gasteiger partial charge in [0, 0.05) is 24.7 Å². The van der Waals surface area contributed by atoms with E-state index in [-0.39, 0.29) is 0 Å². The standard InChI is InChI=1S/C15H20ClN/c1-12(2)14-4-3-9-17(11-14)10-13-5-7-15(16)8-6-13/h4-8,12H,3,9-11H2,1-2H3. The first-order valence-electron chi connectivity index (χ1n) is 6.31. The summed E-state index contributed by atoms with van der Waals surface area (Å²) in [5, 5.41) is 0.815. The second-order valence-electron chi connectivity index (χ2n) is 5.06. The maximum absolute atomic E-state index is 5.90. The minimum absolute atomic E-state index is 0.669. The Balaban J connectivity index is 1.96. The molecule has 0 radical (unpaired) electrons. The normalized spacial score (nSPS) is 17.3. The Hall–Kier alpha value is -0.790. The first-order chi connectivity index (χ1) is 8.15. The van der Waals surface area contributed by atoms with Gasteiger partial charge in [0.15, 0.2) is 0 Å². The number of hydrogen-bond donors (Lipinski definition) is 0. The van der Waals surface area contributed by atoms with E-state index in [4.69, 9.17) is 11.6 Å². The molecule has 0 spiro atoms. The van der Waals surface area contributed by atoms with Crippen LogP contribution in [0.2, 0.25) is 5.02 Å². The smallest absolute Gasteiger partial charge is 0.0406 e. The van der Waals surface area contributed by atoms with Crippen LogP contribution in [0.15, 0.2) is 35.9 Å². The Morgan fingerprint density at radius 1 is 1.24 bits per heavy atom. The van der Waals surface area contributed by atoms with Crippen LogP contribution < -0.4 is 0 Å². The highest BCUT2D eigenvalue weighted by atomic mass is 35.5. The van der Waals surface area contributed by atoms with Gasteiger partial charge < -0.3 is 0 Å². The van der Waals surface area contributed by atoms with Gasteiger partial charge in [0.1, 0.15) is 0 Å². The van der Waals surface area contributed by atoms with E-state index in [0.29, 0.717) is 5.92 Å². The summed E-state index contributed by atoms with van der Waals surface area (Å²) in [6.45, 7) is 7.86. The maximum atomic E-state index is 5.90. The van der Waals surface area contributed by atoms with E-state index < -0.39 is 0 Å². The average molecular weight is 250 g/mol. The minimum atomic E-state index is 0.669. The van der Waals surface area contributed by atoms with Crippen LogP contribution in [0.25, 0.3) is 0 Å². The highest BCUT2D eigenvalue weighted by molar-refractivity contribution is 6.30. The van der Waals surface area contributed by atoms with E-state index in [1.54, 1.807) is 5.57 Å². The summed E-state index contributed by atoms with van der Waals surface area (Å²) in [4.78, 5) is 2.51. The van der Waals surface area contributed by atoms with E-state index in [1.807, 2.05) is 12.1 Å². The monoisotopic (exact) mass is 249 g/mol. The van der Waals surface area contributed by atoms with Crippen molar-refractivity contribution in [3.63, 3.8) is 0 Å². The molecule has 92 valence electrons. The van der Waals surface area contributed by atoms with E-state index >= 15 is 0 Å². The lowest BCUT2D eigenvalue weighted by Gasteiger charge is -2.29. The van der Waals surface area contributed by atoms with Gasteiger partial charge in [-0.1, -0.05) is 49.2 Å². The van der Waals surface area contributed by atoms with Gasteiger partial charge in [0.2, 0.25) is 0 Å². The zero-order valence-electron chi connectivity index (χ0n) is 10.6. The van der Waals surface area contributed by atoms with Gasteiger partial charge >= 0.3 is 0 Å². The average Bonchev–Trinajstić information content (AvgIpc) is 2.32. The SMILES string of the molecule is CC(C)C1=CCCN(Cc2ccc(Cl)cc2)C1. The molecule has 0 saturated heterocycles. The largest absolute Gasteiger partial charge is 0.295 e. The number of benzene rings is 1. The second-order valence-corrected chi connectivity index (χ2v) is 5.50. The van der Waals surface area contributed by atoms with Gasteiger partial charge in [-0.2, -0.15) is 0 Å². The van der Waals surface area contributed by atoms with Crippen LogP contribution in [0, 0.1) is 5.92 Å². The molecule has 1 aliphatic rings. The van der Waals surface area contributed by atoms with Gasteiger partial charge in [-0.05, 0) is 30.0 Å². The molecule has 1 aromatic carbocycles. The molecule has 2 rings (SSSR count). The van der Waals surface area contributed by atoms with E-state index in [9.17, 15) is 0 Å². The topological polar surface area (TPSA) is 3.24 Å². The van der Waals surface area contributed by atoms with Crippen LogP contribution in [0.5, 0.6) is 0 Å². The molecular weight excluding hydrogens is 230 g/mol. The van der Waals surface area contributed by atoms with Crippen molar-refractivity contribution in [2.24, 2.45) is 5.92 Å². The van der Waals surface area contributed by atoms with Crippen molar-refractivity contribution in [1.82, 2.24) is 4.90 Å². The number of halogens is 1. The molecule has 17 heavy (non-hydrogen) atoms. The lowest BCUT2D eigenvalue weighted by atomic mass is 9.98. The summed E-state index contributed by atoms with van der Waals surface area (Å²) in [5.41, 5.74) is 2.92. The van der Waals surface area contributed by atoms with Gasteiger partial charge in [-0.15, -0.1) is 0 Å². The van der Waals surface area contributed by atoms with Gasteiger partial charge in [0.25, 0.3) is 0 Å². The van der Waals surface area contributed by atoms with E-state index in [2.05, 4.69) is 37.0 Å². The molecular formula is C15H20ClN. The second kappa shape index (κ2) is 5.70. The molecule has 0 atom stereocenters. The molecule has 0 bridgehead atoms. The fourth-order valence-corrected chi connectivity index (χ4v) is 2.36. The maximum Gasteiger partial charge on any atom is 0.0406 e. The van der Waals surface area contributed by atoms with Crippen molar-refractivity contribution in [3.8, 4) is 0 Å². The number of nitrogens with zero attached hydrogens (tertiary/aromatic N) is 1. The van der Waals surface area contributed by atoms with Gasteiger partial charge in [-0.3, -0.25) is 4.90 Å². The molecule has 0 aliphatic carbocycles. The van der Waals surface area contributed by atoms with Crippen LogP contribution >= 0.6 is 11.6 Å². The highest BCUT2D eigenvalue weighted by Crippen LogP contribution is 2.19. The predicted molar refractivity (Wildman–Crippen MR) is 74.3 cm³/mol. The van der Waals surface area contributed by atoms with E-state index in [1.165, 1.54) is 18.5 Å². The Bertz CT molecular complexity index is 392. The summed E-state index contributed by atoms with van der Waals surface area (Å²) < 4.78 is 0. The van der Waals surface area contributed by atoms with E-state index in [0.717, 1.165) is 18.1 Å². The molecule has 0 saturated carbocycles. The van der Waals surface area contributed by atoms with Crippen LogP contribution in [-0.4, -0.2) is 18.0 Å². The molecule has 1 aliphatic heterocycles. The molecule has 1 heterocycles. The van der Waals surface area contributed by atoms with Crippen molar-refractivity contribution < 1.29 is 0 Å². The van der Waals surface area contributed by atoms with Gasteiger partial charge in [0.05, 0.1) is 0 Å². The summed E-state index contributed by atoms with van der Waals surface area (Å²) in [7, 11) is 0. The van der Waals surface area contributed by atoms with Crippen LogP contribution in [-0.2, 0) is 6.54 Å². The molecule has 0 unspecified atom stereocenters. The zero-order valence-corrected chi connectivity index (χ0v) is 11.4. The Labute approximate surface area is 109 Å². The summed E-state index contributed by atoms with van der Waals surface area (Å²) in [5.74, 6) is 0.669. The molecule has 0 aromatic heterocycles. The van der Waals surface area contributed by atoms with Crippen molar-refractivity contribution >= 4 is 11.6 Å². The molecule has 1 aromatic rings. The quantitative estimate of drug-likeness (QED) is 0.729. The molecule has 0 N–H and O–H groups in total. The zero-order chi connectivity index (χ0) is 12.3.